The third kappa shape index (κ3) is 4.05. The van der Waals surface area contributed by atoms with Crippen LogP contribution in [0.3, 0.4) is 0 Å². The quantitative estimate of drug-likeness (QED) is 0.619. The minimum absolute atomic E-state index is 0.416. The molecule has 1 amide bonds. The van der Waals surface area contributed by atoms with E-state index in [-0.39, 0.29) is 0 Å². The number of benzene rings is 2. The molecule has 174 valence electrons. The largest absolute Gasteiger partial charge is 0.497 e. The number of carbonyl (C=O) groups excluding carboxylic acids is 1. The number of aliphatic hydroxyl groups is 1. The van der Waals surface area contributed by atoms with E-state index in [1.807, 2.05) is 19.1 Å². The summed E-state index contributed by atoms with van der Waals surface area (Å²) in [6.45, 7) is 6.19. The summed E-state index contributed by atoms with van der Waals surface area (Å²) in [6.07, 6.45) is 6.76. The first-order valence-corrected chi connectivity index (χ1v) is 11.1. The number of allylic oxidation sites excluding steroid dienone is 2. The molecule has 2 aromatic rings. The summed E-state index contributed by atoms with van der Waals surface area (Å²) in [7, 11) is 3.00. The highest BCUT2D eigenvalue weighted by atomic mass is 16.5. The van der Waals surface area contributed by atoms with Gasteiger partial charge in [0.2, 0.25) is 0 Å². The van der Waals surface area contributed by atoms with E-state index in [9.17, 15) is 9.90 Å². The highest BCUT2D eigenvalue weighted by Gasteiger charge is 2.52. The molecule has 0 aromatic heterocycles. The highest BCUT2D eigenvalue weighted by Crippen LogP contribution is 2.50. The minimum Gasteiger partial charge on any atom is -0.497 e. The predicted octanol–water partition coefficient (Wildman–Crippen LogP) is 4.81. The Hall–Kier alpha value is -3.09. The van der Waals surface area contributed by atoms with E-state index in [2.05, 4.69) is 31.3 Å². The molecule has 0 radical (unpaired) electrons. The van der Waals surface area contributed by atoms with Crippen LogP contribution in [-0.2, 0) is 15.1 Å². The van der Waals surface area contributed by atoms with Crippen molar-refractivity contribution >= 4 is 17.7 Å². The summed E-state index contributed by atoms with van der Waals surface area (Å²) in [5, 5.41) is 15.1. The third-order valence-corrected chi connectivity index (χ3v) is 6.35. The van der Waals surface area contributed by atoms with Crippen molar-refractivity contribution in [1.82, 2.24) is 0 Å². The first kappa shape index (κ1) is 23.1. The molecular weight excluding hydrogens is 418 g/mol. The highest BCUT2D eigenvalue weighted by molar-refractivity contribution is 6.01. The number of hydrogen-bond acceptors (Lipinski definition) is 5. The van der Waals surface area contributed by atoms with E-state index in [0.29, 0.717) is 28.3 Å². The molecule has 4 rings (SSSR count). The van der Waals surface area contributed by atoms with Crippen molar-refractivity contribution in [3.05, 3.63) is 70.8 Å². The fourth-order valence-corrected chi connectivity index (χ4v) is 4.58. The van der Waals surface area contributed by atoms with E-state index in [1.54, 1.807) is 37.4 Å². The van der Waals surface area contributed by atoms with Gasteiger partial charge in [0.05, 0.1) is 18.4 Å². The third-order valence-electron chi connectivity index (χ3n) is 6.35. The molecule has 2 aliphatic rings. The normalized spacial score (nSPS) is 25.4. The van der Waals surface area contributed by atoms with Gasteiger partial charge in [0.15, 0.2) is 11.7 Å². The zero-order valence-corrected chi connectivity index (χ0v) is 19.8. The van der Waals surface area contributed by atoms with Crippen LogP contribution < -0.4 is 14.8 Å². The Kier molecular flexibility index (Phi) is 6.08. The van der Waals surface area contributed by atoms with Crippen LogP contribution in [0.1, 0.15) is 50.3 Å². The number of anilines is 1. The molecule has 2 aromatic carbocycles. The molecule has 0 saturated carbocycles. The Bertz CT molecular complexity index is 1120. The van der Waals surface area contributed by atoms with Crippen LogP contribution in [0.25, 0.3) is 6.08 Å². The number of nitrogens with one attached hydrogen (secondary N) is 1. The second-order valence-corrected chi connectivity index (χ2v) is 9.07. The van der Waals surface area contributed by atoms with Crippen molar-refractivity contribution in [2.75, 3.05) is 19.5 Å². The van der Waals surface area contributed by atoms with Crippen molar-refractivity contribution in [3.8, 4) is 11.5 Å². The molecule has 6 heteroatoms. The van der Waals surface area contributed by atoms with Gasteiger partial charge in [0.1, 0.15) is 17.1 Å². The van der Waals surface area contributed by atoms with Crippen molar-refractivity contribution in [2.45, 2.75) is 50.9 Å². The topological polar surface area (TPSA) is 77.0 Å². The number of amides is 1. The van der Waals surface area contributed by atoms with Crippen LogP contribution in [0.2, 0.25) is 0 Å². The predicted molar refractivity (Wildman–Crippen MR) is 129 cm³/mol. The monoisotopic (exact) mass is 449 g/mol. The van der Waals surface area contributed by atoms with E-state index in [1.165, 1.54) is 12.7 Å². The maximum Gasteiger partial charge on any atom is 0.257 e. The molecule has 2 N–H and O–H groups in total. The number of rotatable bonds is 6. The second kappa shape index (κ2) is 8.69. The van der Waals surface area contributed by atoms with Gasteiger partial charge in [0.25, 0.3) is 5.91 Å². The molecule has 0 spiro atoms. The van der Waals surface area contributed by atoms with Crippen LogP contribution >= 0.6 is 0 Å². The lowest BCUT2D eigenvalue weighted by atomic mass is 9.76. The average molecular weight is 450 g/mol. The lowest BCUT2D eigenvalue weighted by molar-refractivity contribution is -0.142. The molecule has 33 heavy (non-hydrogen) atoms. The number of fused-ring (bicyclic) bond motifs is 3. The van der Waals surface area contributed by atoms with E-state index in [0.717, 1.165) is 18.4 Å². The van der Waals surface area contributed by atoms with Crippen LogP contribution in [0.4, 0.5) is 5.69 Å². The Morgan fingerprint density at radius 1 is 1.18 bits per heavy atom. The first-order valence-electron chi connectivity index (χ1n) is 11.1. The fraction of sp³-hybridized carbons (Fsp3) is 0.370. The van der Waals surface area contributed by atoms with Crippen LogP contribution in [0.5, 0.6) is 11.5 Å². The van der Waals surface area contributed by atoms with Gasteiger partial charge in [-0.2, -0.15) is 0 Å². The lowest BCUT2D eigenvalue weighted by Gasteiger charge is -2.43. The molecule has 0 bridgehead atoms. The van der Waals surface area contributed by atoms with Gasteiger partial charge in [-0.3, -0.25) is 4.79 Å². The summed E-state index contributed by atoms with van der Waals surface area (Å²) in [5.41, 5.74) is 1.31. The van der Waals surface area contributed by atoms with Gasteiger partial charge in [-0.25, -0.2) is 0 Å². The number of carbonyl (C=O) groups is 1. The van der Waals surface area contributed by atoms with Gasteiger partial charge in [-0.05, 0) is 69.5 Å². The maximum absolute atomic E-state index is 12.9. The summed E-state index contributed by atoms with van der Waals surface area (Å²) in [4.78, 5) is 12.9. The smallest absolute Gasteiger partial charge is 0.257 e. The van der Waals surface area contributed by atoms with Crippen LogP contribution in [0.15, 0.2) is 54.1 Å². The van der Waals surface area contributed by atoms with Gasteiger partial charge >= 0.3 is 0 Å². The molecule has 6 nitrogen and oxygen atoms in total. The van der Waals surface area contributed by atoms with Gasteiger partial charge in [-0.1, -0.05) is 29.9 Å². The second-order valence-electron chi connectivity index (χ2n) is 9.07. The standard InChI is InChI=1S/C27H31NO5/c1-17(2)7-6-15-26(3)16-14-18-8-13-21-22(23(18)33-26)27(30,24(32-5)25(29)28-21)19-9-11-20(31-4)12-10-19/h7-14,16,24,30H,6,15H2,1-5H3,(H,28,29)/t24-,26-,27+/m1/s1. The van der Waals surface area contributed by atoms with Crippen molar-refractivity contribution in [1.29, 1.82) is 0 Å². The number of hydrogen-bond donors (Lipinski definition) is 2. The molecule has 2 heterocycles. The SMILES string of the molecule is COc1ccc([C@]2(O)c3c(ccc4c3O[C@](C)(CCC=C(C)C)C=C4)NC(=O)[C@H]2OC)cc1. The van der Waals surface area contributed by atoms with E-state index < -0.39 is 23.2 Å². The van der Waals surface area contributed by atoms with Crippen molar-refractivity contribution in [2.24, 2.45) is 0 Å². The lowest BCUT2D eigenvalue weighted by Crippen LogP contribution is -2.53. The van der Waals surface area contributed by atoms with Gasteiger partial charge < -0.3 is 24.6 Å². The maximum atomic E-state index is 12.9. The summed E-state index contributed by atoms with van der Waals surface area (Å²) >= 11 is 0. The molecular formula is C27H31NO5. The molecule has 3 atom stereocenters. The van der Waals surface area contributed by atoms with Crippen LogP contribution in [-0.4, -0.2) is 36.9 Å². The zero-order valence-electron chi connectivity index (χ0n) is 19.8. The Balaban J connectivity index is 1.86. The minimum atomic E-state index is -1.75. The van der Waals surface area contributed by atoms with Gasteiger partial charge in [-0.15, -0.1) is 0 Å². The summed E-state index contributed by atoms with van der Waals surface area (Å²) < 4.78 is 17.4. The molecule has 0 unspecified atom stereocenters. The molecule has 0 saturated heterocycles. The molecule has 0 aliphatic carbocycles. The fourth-order valence-electron chi connectivity index (χ4n) is 4.58. The average Bonchev–Trinajstić information content (AvgIpc) is 2.78. The van der Waals surface area contributed by atoms with E-state index in [4.69, 9.17) is 14.2 Å². The first-order chi connectivity index (χ1) is 15.7. The van der Waals surface area contributed by atoms with Crippen molar-refractivity contribution in [3.63, 3.8) is 0 Å². The number of ether oxygens (including phenoxy) is 3. The van der Waals surface area contributed by atoms with Crippen LogP contribution in [0, 0.1) is 0 Å². The summed E-state index contributed by atoms with van der Waals surface area (Å²) in [6, 6.07) is 10.7. The van der Waals surface area contributed by atoms with E-state index >= 15 is 0 Å². The van der Waals surface area contributed by atoms with Crippen molar-refractivity contribution < 1.29 is 24.1 Å². The Morgan fingerprint density at radius 3 is 2.55 bits per heavy atom. The summed E-state index contributed by atoms with van der Waals surface area (Å²) in [5.74, 6) is 0.786. The molecule has 2 aliphatic heterocycles. The zero-order chi connectivity index (χ0) is 23.8. The van der Waals surface area contributed by atoms with Gasteiger partial charge in [0, 0.05) is 12.7 Å². The molecule has 0 fully saturated rings. The Morgan fingerprint density at radius 2 is 1.91 bits per heavy atom. The Labute approximate surface area is 194 Å². The number of methoxy groups -OCH3 is 2.